The summed E-state index contributed by atoms with van der Waals surface area (Å²) in [5, 5.41) is 3.36. The first-order valence-corrected chi connectivity index (χ1v) is 6.83. The Balaban J connectivity index is 2.38. The van der Waals surface area contributed by atoms with Crippen molar-refractivity contribution in [3.8, 4) is 5.82 Å². The second-order valence-corrected chi connectivity index (χ2v) is 5.81. The molecule has 2 heterocycles. The number of nitrogens with zero attached hydrogens (tertiary/aromatic N) is 3. The van der Waals surface area contributed by atoms with E-state index in [4.69, 9.17) is 0 Å². The summed E-state index contributed by atoms with van der Waals surface area (Å²) in [5.74, 6) is 1.33. The van der Waals surface area contributed by atoms with Gasteiger partial charge in [0.1, 0.15) is 17.5 Å². The molecule has 4 nitrogen and oxygen atoms in total. The number of halogens is 1. The Morgan fingerprint density at radius 2 is 2.05 bits per heavy atom. The van der Waals surface area contributed by atoms with Crippen LogP contribution in [0.4, 0.5) is 4.39 Å². The number of rotatable bonds is 4. The lowest BCUT2D eigenvalue weighted by atomic mass is 10.1. The summed E-state index contributed by atoms with van der Waals surface area (Å²) >= 11 is 0. The topological polar surface area (TPSA) is 42.7 Å². The second-order valence-electron chi connectivity index (χ2n) is 5.81. The fraction of sp³-hybridized carbons (Fsp3) is 0.467. The van der Waals surface area contributed by atoms with Crippen LogP contribution in [0.2, 0.25) is 0 Å². The molecule has 2 rings (SSSR count). The molecule has 0 aliphatic rings. The van der Waals surface area contributed by atoms with Crippen LogP contribution < -0.4 is 5.32 Å². The van der Waals surface area contributed by atoms with Crippen LogP contribution in [-0.2, 0) is 13.0 Å². The molecule has 0 aromatic carbocycles. The number of pyridine rings is 1. The molecule has 108 valence electrons. The first kappa shape index (κ1) is 14.7. The van der Waals surface area contributed by atoms with E-state index in [9.17, 15) is 4.39 Å². The summed E-state index contributed by atoms with van der Waals surface area (Å²) in [4.78, 5) is 8.53. The van der Waals surface area contributed by atoms with Gasteiger partial charge in [0.05, 0.1) is 6.20 Å². The zero-order valence-electron chi connectivity index (χ0n) is 12.4. The van der Waals surface area contributed by atoms with Crippen molar-refractivity contribution in [1.82, 2.24) is 19.9 Å². The van der Waals surface area contributed by atoms with Crippen LogP contribution in [0.3, 0.4) is 0 Å². The quantitative estimate of drug-likeness (QED) is 0.933. The number of aromatic nitrogens is 3. The molecule has 0 saturated heterocycles. The van der Waals surface area contributed by atoms with Crippen molar-refractivity contribution in [3.05, 3.63) is 41.9 Å². The lowest BCUT2D eigenvalue weighted by Crippen LogP contribution is -2.35. The van der Waals surface area contributed by atoms with Gasteiger partial charge < -0.3 is 5.32 Å². The van der Waals surface area contributed by atoms with Gasteiger partial charge in [-0.3, -0.25) is 4.57 Å². The Morgan fingerprint density at radius 3 is 2.70 bits per heavy atom. The van der Waals surface area contributed by atoms with Crippen molar-refractivity contribution >= 4 is 0 Å². The molecule has 0 aliphatic heterocycles. The Labute approximate surface area is 119 Å². The van der Waals surface area contributed by atoms with E-state index in [-0.39, 0.29) is 11.4 Å². The zero-order chi connectivity index (χ0) is 14.8. The second kappa shape index (κ2) is 5.71. The van der Waals surface area contributed by atoms with E-state index in [0.29, 0.717) is 6.54 Å². The highest BCUT2D eigenvalue weighted by Gasteiger charge is 2.14. The van der Waals surface area contributed by atoms with Gasteiger partial charge in [-0.15, -0.1) is 0 Å². The Bertz CT molecular complexity index is 584. The summed E-state index contributed by atoms with van der Waals surface area (Å²) in [6.07, 6.45) is 5.65. The molecular formula is C15H21FN4. The van der Waals surface area contributed by atoms with E-state index < -0.39 is 0 Å². The molecule has 1 N–H and O–H groups in total. The van der Waals surface area contributed by atoms with Gasteiger partial charge in [0.25, 0.3) is 0 Å². The van der Waals surface area contributed by atoms with Crippen LogP contribution in [0, 0.1) is 5.82 Å². The van der Waals surface area contributed by atoms with Crippen LogP contribution in [0.1, 0.15) is 39.1 Å². The average molecular weight is 276 g/mol. The molecule has 20 heavy (non-hydrogen) atoms. The fourth-order valence-corrected chi connectivity index (χ4v) is 1.97. The van der Waals surface area contributed by atoms with Gasteiger partial charge in [-0.2, -0.15) is 0 Å². The molecule has 0 unspecified atom stereocenters. The largest absolute Gasteiger partial charge is 0.308 e. The first-order valence-electron chi connectivity index (χ1n) is 6.83. The molecule has 0 bridgehead atoms. The van der Waals surface area contributed by atoms with Crippen LogP contribution >= 0.6 is 0 Å². The standard InChI is InChI=1S/C15H21FN4/c1-5-13-17-6-7-20(13)14-11(8-12(16)10-18-14)9-19-15(2,3)4/h6-8,10,19H,5,9H2,1-4H3. The first-order chi connectivity index (χ1) is 9.40. The Kier molecular flexibility index (Phi) is 4.18. The van der Waals surface area contributed by atoms with Gasteiger partial charge in [0.15, 0.2) is 0 Å². The molecule has 2 aromatic heterocycles. The van der Waals surface area contributed by atoms with Crippen molar-refractivity contribution in [2.24, 2.45) is 0 Å². The van der Waals surface area contributed by atoms with E-state index >= 15 is 0 Å². The molecule has 0 fully saturated rings. The molecule has 2 aromatic rings. The van der Waals surface area contributed by atoms with E-state index in [1.54, 1.807) is 6.20 Å². The molecule has 0 radical (unpaired) electrons. The maximum absolute atomic E-state index is 13.5. The monoisotopic (exact) mass is 276 g/mol. The number of hydrogen-bond donors (Lipinski definition) is 1. The Morgan fingerprint density at radius 1 is 1.30 bits per heavy atom. The van der Waals surface area contributed by atoms with Gasteiger partial charge in [-0.1, -0.05) is 6.92 Å². The van der Waals surface area contributed by atoms with Gasteiger partial charge >= 0.3 is 0 Å². The maximum Gasteiger partial charge on any atom is 0.142 e. The summed E-state index contributed by atoms with van der Waals surface area (Å²) < 4.78 is 15.4. The molecule has 0 spiro atoms. The van der Waals surface area contributed by atoms with Crippen molar-refractivity contribution in [1.29, 1.82) is 0 Å². The van der Waals surface area contributed by atoms with Crippen molar-refractivity contribution in [2.75, 3.05) is 0 Å². The SMILES string of the molecule is CCc1nccn1-c1ncc(F)cc1CNC(C)(C)C. The van der Waals surface area contributed by atoms with Crippen LogP contribution in [0.25, 0.3) is 5.82 Å². The summed E-state index contributed by atoms with van der Waals surface area (Å²) in [6.45, 7) is 8.83. The van der Waals surface area contributed by atoms with Gasteiger partial charge in [0, 0.05) is 36.5 Å². The highest BCUT2D eigenvalue weighted by atomic mass is 19.1. The van der Waals surface area contributed by atoms with Crippen LogP contribution in [-0.4, -0.2) is 20.1 Å². The molecular weight excluding hydrogens is 255 g/mol. The number of nitrogens with one attached hydrogen (secondary N) is 1. The van der Waals surface area contributed by atoms with Crippen molar-refractivity contribution < 1.29 is 4.39 Å². The van der Waals surface area contributed by atoms with Gasteiger partial charge in [-0.25, -0.2) is 14.4 Å². The van der Waals surface area contributed by atoms with E-state index in [1.165, 1.54) is 12.3 Å². The predicted octanol–water partition coefficient (Wildman–Crippen LogP) is 2.86. The lowest BCUT2D eigenvalue weighted by molar-refractivity contribution is 0.422. The number of hydrogen-bond acceptors (Lipinski definition) is 3. The summed E-state index contributed by atoms with van der Waals surface area (Å²) in [6, 6.07) is 1.53. The van der Waals surface area contributed by atoms with E-state index in [2.05, 4.69) is 36.1 Å². The maximum atomic E-state index is 13.5. The van der Waals surface area contributed by atoms with Gasteiger partial charge in [-0.05, 0) is 26.8 Å². The van der Waals surface area contributed by atoms with Crippen LogP contribution in [0.5, 0.6) is 0 Å². The molecule has 0 amide bonds. The average Bonchev–Trinajstić information content (AvgIpc) is 2.83. The van der Waals surface area contributed by atoms with E-state index in [1.807, 2.05) is 17.7 Å². The van der Waals surface area contributed by atoms with Crippen molar-refractivity contribution in [2.45, 2.75) is 46.2 Å². The zero-order valence-corrected chi connectivity index (χ0v) is 12.4. The molecule has 5 heteroatoms. The minimum Gasteiger partial charge on any atom is -0.308 e. The predicted molar refractivity (Wildman–Crippen MR) is 77.3 cm³/mol. The number of aryl methyl sites for hydroxylation is 1. The third-order valence-corrected chi connectivity index (χ3v) is 2.98. The van der Waals surface area contributed by atoms with Crippen LogP contribution in [0.15, 0.2) is 24.7 Å². The van der Waals surface area contributed by atoms with Gasteiger partial charge in [0.2, 0.25) is 0 Å². The fourth-order valence-electron chi connectivity index (χ4n) is 1.97. The summed E-state index contributed by atoms with van der Waals surface area (Å²) in [7, 11) is 0. The third kappa shape index (κ3) is 3.42. The molecule has 0 saturated carbocycles. The lowest BCUT2D eigenvalue weighted by Gasteiger charge is -2.21. The molecule has 0 atom stereocenters. The summed E-state index contributed by atoms with van der Waals surface area (Å²) in [5.41, 5.74) is 0.791. The Hall–Kier alpha value is -1.75. The smallest absolute Gasteiger partial charge is 0.142 e. The normalized spacial score (nSPS) is 11.8. The minimum absolute atomic E-state index is 0.0356. The minimum atomic E-state index is -0.322. The number of imidazole rings is 1. The van der Waals surface area contributed by atoms with Crippen molar-refractivity contribution in [3.63, 3.8) is 0 Å². The third-order valence-electron chi connectivity index (χ3n) is 2.98. The highest BCUT2D eigenvalue weighted by molar-refractivity contribution is 5.35. The molecule has 0 aliphatic carbocycles. The highest BCUT2D eigenvalue weighted by Crippen LogP contribution is 2.16. The van der Waals surface area contributed by atoms with E-state index in [0.717, 1.165) is 23.6 Å².